The van der Waals surface area contributed by atoms with E-state index >= 15 is 0 Å². The first-order chi connectivity index (χ1) is 14.7. The van der Waals surface area contributed by atoms with E-state index < -0.39 is 0 Å². The van der Waals surface area contributed by atoms with E-state index in [4.69, 9.17) is 23.5 Å². The van der Waals surface area contributed by atoms with Gasteiger partial charge in [0.15, 0.2) is 23.0 Å². The third-order valence-electron chi connectivity index (χ3n) is 5.23. The van der Waals surface area contributed by atoms with Gasteiger partial charge < -0.3 is 28.4 Å². The molecule has 2 aliphatic rings. The topological polar surface area (TPSA) is 96.2 Å². The maximum atomic E-state index is 12.6. The average molecular weight is 409 g/mol. The van der Waals surface area contributed by atoms with Crippen molar-refractivity contribution < 1.29 is 28.3 Å². The summed E-state index contributed by atoms with van der Waals surface area (Å²) >= 11 is 0. The molecule has 2 aliphatic heterocycles. The molecule has 0 spiro atoms. The number of methoxy groups -OCH3 is 2. The number of hydrogen-bond donors (Lipinski definition) is 0. The molecule has 1 aromatic heterocycles. The average Bonchev–Trinajstić information content (AvgIpc) is 3.51. The third-order valence-corrected chi connectivity index (χ3v) is 5.23. The quantitative estimate of drug-likeness (QED) is 0.635. The zero-order valence-corrected chi connectivity index (χ0v) is 16.5. The van der Waals surface area contributed by atoms with Gasteiger partial charge in [0.05, 0.1) is 20.1 Å². The Balaban J connectivity index is 1.36. The van der Waals surface area contributed by atoms with Crippen LogP contribution in [0.15, 0.2) is 40.9 Å². The van der Waals surface area contributed by atoms with E-state index in [-0.39, 0.29) is 18.6 Å². The minimum Gasteiger partial charge on any atom is -0.493 e. The summed E-state index contributed by atoms with van der Waals surface area (Å²) in [5.74, 6) is 3.16. The van der Waals surface area contributed by atoms with E-state index in [0.717, 1.165) is 11.3 Å². The Morgan fingerprint density at radius 1 is 1.03 bits per heavy atom. The number of nitrogens with zero attached hydrogens (tertiary/aromatic N) is 3. The van der Waals surface area contributed by atoms with Gasteiger partial charge in [0.1, 0.15) is 0 Å². The van der Waals surface area contributed by atoms with Gasteiger partial charge in [-0.1, -0.05) is 5.16 Å². The van der Waals surface area contributed by atoms with Crippen LogP contribution in [0.5, 0.6) is 23.0 Å². The predicted molar refractivity (Wildman–Crippen MR) is 105 cm³/mol. The number of carbonyl (C=O) groups excluding carboxylic acids is 1. The molecule has 0 bridgehead atoms. The lowest BCUT2D eigenvalue weighted by atomic mass is 10.1. The first-order valence-corrected chi connectivity index (χ1v) is 9.42. The van der Waals surface area contributed by atoms with Crippen LogP contribution >= 0.6 is 0 Å². The van der Waals surface area contributed by atoms with Crippen molar-refractivity contribution in [3.8, 4) is 34.4 Å². The minimum atomic E-state index is -0.190. The van der Waals surface area contributed by atoms with Gasteiger partial charge in [-0.2, -0.15) is 4.98 Å². The van der Waals surface area contributed by atoms with Gasteiger partial charge in [-0.25, -0.2) is 0 Å². The number of hydrogen-bond acceptors (Lipinski definition) is 8. The molecule has 9 nitrogen and oxygen atoms in total. The Morgan fingerprint density at radius 2 is 1.87 bits per heavy atom. The lowest BCUT2D eigenvalue weighted by molar-refractivity contribution is -0.117. The van der Waals surface area contributed by atoms with Crippen LogP contribution in [0.2, 0.25) is 0 Å². The van der Waals surface area contributed by atoms with Crippen molar-refractivity contribution in [2.45, 2.75) is 12.3 Å². The second-order valence-corrected chi connectivity index (χ2v) is 6.97. The zero-order chi connectivity index (χ0) is 20.7. The highest BCUT2D eigenvalue weighted by molar-refractivity contribution is 5.96. The third kappa shape index (κ3) is 3.08. The largest absolute Gasteiger partial charge is 0.493 e. The van der Waals surface area contributed by atoms with Crippen LogP contribution < -0.4 is 23.8 Å². The fourth-order valence-electron chi connectivity index (χ4n) is 3.67. The van der Waals surface area contributed by atoms with Gasteiger partial charge in [0.2, 0.25) is 24.4 Å². The molecule has 0 N–H and O–H groups in total. The van der Waals surface area contributed by atoms with E-state index in [1.54, 1.807) is 37.3 Å². The first kappa shape index (κ1) is 18.3. The van der Waals surface area contributed by atoms with Crippen molar-refractivity contribution in [2.75, 3.05) is 32.5 Å². The molecule has 0 unspecified atom stereocenters. The molecule has 0 aliphatic carbocycles. The van der Waals surface area contributed by atoms with Crippen LogP contribution in [0.4, 0.5) is 5.69 Å². The summed E-state index contributed by atoms with van der Waals surface area (Å²) in [7, 11) is 3.14. The molecule has 1 atom stereocenters. The number of fused-ring (bicyclic) bond motifs is 1. The maximum Gasteiger partial charge on any atom is 0.232 e. The number of rotatable bonds is 5. The summed E-state index contributed by atoms with van der Waals surface area (Å²) < 4.78 is 26.8. The minimum absolute atomic E-state index is 0.00951. The van der Waals surface area contributed by atoms with Crippen LogP contribution in [0.25, 0.3) is 11.4 Å². The summed E-state index contributed by atoms with van der Waals surface area (Å²) in [5.41, 5.74) is 1.49. The molecule has 1 fully saturated rings. The molecule has 3 aromatic rings. The van der Waals surface area contributed by atoms with E-state index in [1.165, 1.54) is 0 Å². The van der Waals surface area contributed by atoms with E-state index in [1.807, 2.05) is 18.2 Å². The monoisotopic (exact) mass is 409 g/mol. The highest BCUT2D eigenvalue weighted by atomic mass is 16.7. The summed E-state index contributed by atoms with van der Waals surface area (Å²) in [4.78, 5) is 18.8. The van der Waals surface area contributed by atoms with Crippen molar-refractivity contribution in [3.05, 3.63) is 42.3 Å². The van der Waals surface area contributed by atoms with Gasteiger partial charge >= 0.3 is 0 Å². The maximum absolute atomic E-state index is 12.6. The summed E-state index contributed by atoms with van der Waals surface area (Å²) in [6.45, 7) is 0.641. The standard InChI is InChI=1S/C21H19N3O6/c1-26-15-5-3-12(7-17(15)27-2)20-22-21(30-23-20)13-8-19(25)24(10-13)14-4-6-16-18(9-14)29-11-28-16/h3-7,9,13H,8,10-11H2,1-2H3/t13-/m0/s1. The lowest BCUT2D eigenvalue weighted by Crippen LogP contribution is -2.24. The molecule has 2 aromatic carbocycles. The number of carbonyl (C=O) groups is 1. The summed E-state index contributed by atoms with van der Waals surface area (Å²) in [6.07, 6.45) is 0.294. The number of anilines is 1. The molecule has 30 heavy (non-hydrogen) atoms. The Morgan fingerprint density at radius 3 is 2.70 bits per heavy atom. The van der Waals surface area contributed by atoms with Gasteiger partial charge in [-0.3, -0.25) is 4.79 Å². The van der Waals surface area contributed by atoms with Crippen LogP contribution in [-0.4, -0.2) is 43.6 Å². The van der Waals surface area contributed by atoms with Crippen molar-refractivity contribution in [1.82, 2.24) is 10.1 Å². The van der Waals surface area contributed by atoms with Crippen molar-refractivity contribution in [1.29, 1.82) is 0 Å². The molecular weight excluding hydrogens is 390 g/mol. The molecule has 5 rings (SSSR count). The highest BCUT2D eigenvalue weighted by Gasteiger charge is 2.35. The second-order valence-electron chi connectivity index (χ2n) is 6.97. The Kier molecular flexibility index (Phi) is 4.42. The Hall–Kier alpha value is -3.75. The Labute approximate surface area is 172 Å². The van der Waals surface area contributed by atoms with E-state index in [2.05, 4.69) is 10.1 Å². The molecule has 9 heteroatoms. The van der Waals surface area contributed by atoms with Crippen molar-refractivity contribution >= 4 is 11.6 Å². The van der Waals surface area contributed by atoms with Crippen LogP contribution in [0, 0.1) is 0 Å². The predicted octanol–water partition coefficient (Wildman–Crippen LogP) is 3.00. The van der Waals surface area contributed by atoms with Crippen LogP contribution in [-0.2, 0) is 4.79 Å². The molecule has 3 heterocycles. The molecule has 1 amide bonds. The molecule has 0 radical (unpaired) electrons. The smallest absolute Gasteiger partial charge is 0.232 e. The van der Waals surface area contributed by atoms with Crippen LogP contribution in [0.3, 0.4) is 0 Å². The summed E-state index contributed by atoms with van der Waals surface area (Å²) in [5, 5.41) is 4.08. The zero-order valence-electron chi connectivity index (χ0n) is 16.5. The number of aromatic nitrogens is 2. The van der Waals surface area contributed by atoms with Gasteiger partial charge in [0.25, 0.3) is 0 Å². The second kappa shape index (κ2) is 7.25. The molecular formula is C21H19N3O6. The first-order valence-electron chi connectivity index (χ1n) is 9.42. The van der Waals surface area contributed by atoms with Gasteiger partial charge in [0, 0.05) is 30.3 Å². The van der Waals surface area contributed by atoms with E-state index in [9.17, 15) is 4.79 Å². The number of amides is 1. The summed E-state index contributed by atoms with van der Waals surface area (Å²) in [6, 6.07) is 10.9. The number of ether oxygens (including phenoxy) is 4. The lowest BCUT2D eigenvalue weighted by Gasteiger charge is -2.16. The fourth-order valence-corrected chi connectivity index (χ4v) is 3.67. The van der Waals surface area contributed by atoms with Gasteiger partial charge in [-0.05, 0) is 30.3 Å². The fraction of sp³-hybridized carbons (Fsp3) is 0.286. The Bertz CT molecular complexity index is 1110. The van der Waals surface area contributed by atoms with Gasteiger partial charge in [-0.15, -0.1) is 0 Å². The van der Waals surface area contributed by atoms with E-state index in [0.29, 0.717) is 47.7 Å². The van der Waals surface area contributed by atoms with Crippen LogP contribution in [0.1, 0.15) is 18.2 Å². The molecule has 154 valence electrons. The molecule has 0 saturated carbocycles. The highest BCUT2D eigenvalue weighted by Crippen LogP contribution is 2.39. The van der Waals surface area contributed by atoms with Crippen molar-refractivity contribution in [3.63, 3.8) is 0 Å². The SMILES string of the molecule is COc1ccc(-c2noc([C@H]3CC(=O)N(c4ccc5c(c4)OCO5)C3)n2)cc1OC. The van der Waals surface area contributed by atoms with Crippen molar-refractivity contribution in [2.24, 2.45) is 0 Å². The normalized spacial score (nSPS) is 17.5. The molecule has 1 saturated heterocycles. The number of benzene rings is 2.